The molecule has 2 heterocycles. The second kappa shape index (κ2) is 8.39. The Hall–Kier alpha value is -4.39. The van der Waals surface area contributed by atoms with Crippen LogP contribution in [0.3, 0.4) is 0 Å². The van der Waals surface area contributed by atoms with Gasteiger partial charge >= 0.3 is 0 Å². The Labute approximate surface area is 183 Å². The number of nitrogens with one attached hydrogen (secondary N) is 2. The van der Waals surface area contributed by atoms with E-state index in [-0.39, 0.29) is 18.0 Å². The van der Waals surface area contributed by atoms with Gasteiger partial charge < -0.3 is 15.0 Å². The monoisotopic (exact) mass is 424 g/mol. The number of amides is 1. The third-order valence-corrected chi connectivity index (χ3v) is 5.27. The van der Waals surface area contributed by atoms with Crippen LogP contribution in [0.2, 0.25) is 0 Å². The summed E-state index contributed by atoms with van der Waals surface area (Å²) < 4.78 is 7.54. The third-order valence-electron chi connectivity index (χ3n) is 5.27. The molecule has 1 amide bonds. The summed E-state index contributed by atoms with van der Waals surface area (Å²) in [5.41, 5.74) is 2.96. The maximum atomic E-state index is 12.9. The molecule has 0 aliphatic heterocycles. The quantitative estimate of drug-likeness (QED) is 0.435. The minimum Gasteiger partial charge on any atom is -0.489 e. The smallest absolute Gasteiger partial charge is 0.259 e. The molecule has 0 saturated carbocycles. The van der Waals surface area contributed by atoms with Gasteiger partial charge in [-0.15, -0.1) is 0 Å². The molecule has 5 rings (SSSR count). The van der Waals surface area contributed by atoms with Crippen LogP contribution in [0, 0.1) is 0 Å². The van der Waals surface area contributed by atoms with Crippen molar-refractivity contribution in [3.63, 3.8) is 0 Å². The number of rotatable bonds is 6. The standard InChI is InChI=1S/C25H20N4O3/c30-24(20-15-27-29-21-12-6-5-11-19(21)25(31)28-23(20)29)26-14-18-10-4-7-13-22(18)32-16-17-8-2-1-3-9-17/h1-13,15H,14,16H2,(H,26,30)(H,28,31). The zero-order valence-corrected chi connectivity index (χ0v) is 17.1. The van der Waals surface area contributed by atoms with E-state index in [1.807, 2.05) is 60.7 Å². The average Bonchev–Trinajstić information content (AvgIpc) is 3.26. The Morgan fingerprint density at radius 2 is 1.72 bits per heavy atom. The third kappa shape index (κ3) is 3.72. The summed E-state index contributed by atoms with van der Waals surface area (Å²) >= 11 is 0. The summed E-state index contributed by atoms with van der Waals surface area (Å²) in [6, 6.07) is 24.6. The second-order valence-electron chi connectivity index (χ2n) is 7.35. The Bertz CT molecular complexity index is 1470. The van der Waals surface area contributed by atoms with E-state index in [1.54, 1.807) is 22.7 Å². The number of para-hydroxylation sites is 2. The van der Waals surface area contributed by atoms with Crippen LogP contribution < -0.4 is 15.6 Å². The highest BCUT2D eigenvalue weighted by Crippen LogP contribution is 2.20. The molecule has 0 spiro atoms. The van der Waals surface area contributed by atoms with Gasteiger partial charge in [0.05, 0.1) is 17.1 Å². The first-order chi connectivity index (χ1) is 15.7. The zero-order chi connectivity index (χ0) is 21.9. The van der Waals surface area contributed by atoms with Crippen molar-refractivity contribution in [1.29, 1.82) is 0 Å². The van der Waals surface area contributed by atoms with Gasteiger partial charge in [0.15, 0.2) is 0 Å². The molecule has 7 nitrogen and oxygen atoms in total. The number of hydrogen-bond donors (Lipinski definition) is 2. The first-order valence-electron chi connectivity index (χ1n) is 10.2. The van der Waals surface area contributed by atoms with Crippen LogP contribution in [0.5, 0.6) is 5.75 Å². The van der Waals surface area contributed by atoms with E-state index in [4.69, 9.17) is 4.74 Å². The summed E-state index contributed by atoms with van der Waals surface area (Å²) in [4.78, 5) is 28.1. The van der Waals surface area contributed by atoms with Crippen molar-refractivity contribution < 1.29 is 9.53 Å². The molecule has 3 aromatic carbocycles. The van der Waals surface area contributed by atoms with Gasteiger partial charge in [-0.25, -0.2) is 4.52 Å². The van der Waals surface area contributed by atoms with Gasteiger partial charge in [0.2, 0.25) is 0 Å². The number of carbonyl (C=O) groups excluding carboxylic acids is 1. The average molecular weight is 424 g/mol. The normalized spacial score (nSPS) is 11.0. The Morgan fingerprint density at radius 3 is 2.59 bits per heavy atom. The topological polar surface area (TPSA) is 88.5 Å². The van der Waals surface area contributed by atoms with Crippen LogP contribution in [0.25, 0.3) is 16.6 Å². The number of carbonyl (C=O) groups is 1. The molecule has 0 aliphatic carbocycles. The number of H-pyrrole nitrogens is 1. The van der Waals surface area contributed by atoms with Crippen LogP contribution in [-0.4, -0.2) is 20.5 Å². The summed E-state index contributed by atoms with van der Waals surface area (Å²) in [7, 11) is 0. The van der Waals surface area contributed by atoms with Crippen molar-refractivity contribution in [3.8, 4) is 5.75 Å². The summed E-state index contributed by atoms with van der Waals surface area (Å²) in [5, 5.41) is 7.72. The van der Waals surface area contributed by atoms with Crippen LogP contribution in [0.15, 0.2) is 89.9 Å². The number of aromatic amines is 1. The minimum absolute atomic E-state index is 0.262. The number of benzene rings is 3. The molecule has 7 heteroatoms. The van der Waals surface area contributed by atoms with Gasteiger partial charge in [0.25, 0.3) is 11.5 Å². The predicted octanol–water partition coefficient (Wildman–Crippen LogP) is 3.68. The molecule has 2 aromatic heterocycles. The number of fused-ring (bicyclic) bond motifs is 3. The number of hydrogen-bond acceptors (Lipinski definition) is 4. The molecule has 5 aromatic rings. The molecule has 0 radical (unpaired) electrons. The Morgan fingerprint density at radius 1 is 0.969 bits per heavy atom. The summed E-state index contributed by atoms with van der Waals surface area (Å²) in [5.74, 6) is 0.375. The molecular formula is C25H20N4O3. The number of aromatic nitrogens is 3. The lowest BCUT2D eigenvalue weighted by Gasteiger charge is -2.12. The van der Waals surface area contributed by atoms with Crippen molar-refractivity contribution in [2.45, 2.75) is 13.2 Å². The SMILES string of the molecule is O=C(NCc1ccccc1OCc1ccccc1)c1cnn2c1[nH]c(=O)c1ccccc12. The molecule has 32 heavy (non-hydrogen) atoms. The molecule has 0 atom stereocenters. The molecule has 2 N–H and O–H groups in total. The second-order valence-corrected chi connectivity index (χ2v) is 7.35. The molecule has 158 valence electrons. The Kier molecular flexibility index (Phi) is 5.13. The van der Waals surface area contributed by atoms with Crippen LogP contribution >= 0.6 is 0 Å². The van der Waals surface area contributed by atoms with Crippen LogP contribution in [0.4, 0.5) is 0 Å². The van der Waals surface area contributed by atoms with Gasteiger partial charge in [0.1, 0.15) is 23.6 Å². The molecule has 0 bridgehead atoms. The number of ether oxygens (including phenoxy) is 1. The lowest BCUT2D eigenvalue weighted by Crippen LogP contribution is -2.23. The molecule has 0 fully saturated rings. The lowest BCUT2D eigenvalue weighted by atomic mass is 10.2. The van der Waals surface area contributed by atoms with Crippen molar-refractivity contribution in [2.75, 3.05) is 0 Å². The highest BCUT2D eigenvalue weighted by Gasteiger charge is 2.16. The highest BCUT2D eigenvalue weighted by molar-refractivity contribution is 6.00. The summed E-state index contributed by atoms with van der Waals surface area (Å²) in [6.45, 7) is 0.715. The van der Waals surface area contributed by atoms with E-state index < -0.39 is 0 Å². The van der Waals surface area contributed by atoms with E-state index in [0.717, 1.165) is 11.1 Å². The molecular weight excluding hydrogens is 404 g/mol. The van der Waals surface area contributed by atoms with Gasteiger partial charge in [-0.3, -0.25) is 9.59 Å². The van der Waals surface area contributed by atoms with Gasteiger partial charge in [0, 0.05) is 12.1 Å². The maximum Gasteiger partial charge on any atom is 0.259 e. The van der Waals surface area contributed by atoms with Gasteiger partial charge in [-0.2, -0.15) is 5.10 Å². The van der Waals surface area contributed by atoms with E-state index in [2.05, 4.69) is 15.4 Å². The first kappa shape index (κ1) is 19.6. The number of nitrogens with zero attached hydrogens (tertiary/aromatic N) is 2. The fourth-order valence-corrected chi connectivity index (χ4v) is 3.64. The van der Waals surface area contributed by atoms with E-state index in [9.17, 15) is 9.59 Å². The van der Waals surface area contributed by atoms with E-state index in [1.165, 1.54) is 6.20 Å². The fraction of sp³-hybridized carbons (Fsp3) is 0.0800. The first-order valence-corrected chi connectivity index (χ1v) is 10.2. The zero-order valence-electron chi connectivity index (χ0n) is 17.1. The van der Waals surface area contributed by atoms with E-state index in [0.29, 0.717) is 34.5 Å². The fourth-order valence-electron chi connectivity index (χ4n) is 3.64. The molecule has 0 saturated heterocycles. The van der Waals surface area contributed by atoms with Crippen molar-refractivity contribution in [2.24, 2.45) is 0 Å². The predicted molar refractivity (Wildman–Crippen MR) is 122 cm³/mol. The van der Waals surface area contributed by atoms with Crippen molar-refractivity contribution >= 4 is 22.5 Å². The van der Waals surface area contributed by atoms with Crippen molar-refractivity contribution in [1.82, 2.24) is 19.9 Å². The largest absolute Gasteiger partial charge is 0.489 e. The molecule has 0 unspecified atom stereocenters. The van der Waals surface area contributed by atoms with Gasteiger partial charge in [-0.05, 0) is 23.8 Å². The van der Waals surface area contributed by atoms with Crippen LogP contribution in [0.1, 0.15) is 21.5 Å². The van der Waals surface area contributed by atoms with E-state index >= 15 is 0 Å². The Balaban J connectivity index is 1.36. The van der Waals surface area contributed by atoms with Crippen LogP contribution in [-0.2, 0) is 13.2 Å². The minimum atomic E-state index is -0.330. The summed E-state index contributed by atoms with van der Waals surface area (Å²) in [6.07, 6.45) is 1.46. The molecule has 0 aliphatic rings. The highest BCUT2D eigenvalue weighted by atomic mass is 16.5. The maximum absolute atomic E-state index is 12.9. The van der Waals surface area contributed by atoms with Crippen molar-refractivity contribution in [3.05, 3.63) is 112 Å². The van der Waals surface area contributed by atoms with Gasteiger partial charge in [-0.1, -0.05) is 60.7 Å². The lowest BCUT2D eigenvalue weighted by molar-refractivity contribution is 0.0952.